The Kier molecular flexibility index (Phi) is 5.32. The van der Waals surface area contributed by atoms with Gasteiger partial charge in [-0.15, -0.1) is 4.72 Å². The fourth-order valence-electron chi connectivity index (χ4n) is 2.14. The van der Waals surface area contributed by atoms with Gasteiger partial charge in [0.05, 0.1) is 6.04 Å². The molecule has 1 fully saturated rings. The van der Waals surface area contributed by atoms with Gasteiger partial charge in [-0.05, 0) is 58.5 Å². The van der Waals surface area contributed by atoms with Crippen molar-refractivity contribution in [1.82, 2.24) is 10.0 Å². The van der Waals surface area contributed by atoms with E-state index in [1.807, 2.05) is 20.8 Å². The summed E-state index contributed by atoms with van der Waals surface area (Å²) in [4.78, 5) is 0. The molecule has 1 unspecified atom stereocenters. The van der Waals surface area contributed by atoms with E-state index in [0.717, 1.165) is 19.5 Å². The Morgan fingerprint density at radius 2 is 2.06 bits per heavy atom. The van der Waals surface area contributed by atoms with Crippen molar-refractivity contribution in [3.8, 4) is 0 Å². The Balaban J connectivity index is 2.39. The van der Waals surface area contributed by atoms with E-state index in [0.29, 0.717) is 11.5 Å². The molecule has 0 aromatic carbocycles. The van der Waals surface area contributed by atoms with Crippen LogP contribution < -0.4 is 10.0 Å². The maximum atomic E-state index is 12.1. The van der Waals surface area contributed by atoms with E-state index in [1.165, 1.54) is 12.8 Å². The fraction of sp³-hybridized carbons (Fsp3) is 1.00. The first-order valence-electron chi connectivity index (χ1n) is 6.68. The Bertz CT molecular complexity index is 242. The molecule has 0 heterocycles. The van der Waals surface area contributed by atoms with Crippen molar-refractivity contribution in [2.75, 3.05) is 13.1 Å². The lowest BCUT2D eigenvalue weighted by Crippen LogP contribution is -2.57. The lowest BCUT2D eigenvalue weighted by Gasteiger charge is -2.47. The van der Waals surface area contributed by atoms with Gasteiger partial charge in [-0.1, -0.05) is 13.8 Å². The highest BCUT2D eigenvalue weighted by atomic mass is 32.2. The molecule has 0 amide bonds. The average Bonchev–Trinajstić information content (AvgIpc) is 2.22. The molecule has 1 rings (SSSR count). The topological polar surface area (TPSA) is 47.1 Å². The number of nitrogens with one attached hydrogen (secondary N) is 2. The van der Waals surface area contributed by atoms with Crippen molar-refractivity contribution < 1.29 is 4.55 Å². The summed E-state index contributed by atoms with van der Waals surface area (Å²) in [6.45, 7) is 12.6. The first-order chi connectivity index (χ1) is 7.79. The van der Waals surface area contributed by atoms with Crippen LogP contribution in [0.4, 0.5) is 0 Å². The summed E-state index contributed by atoms with van der Waals surface area (Å²) >= 11 is -0.940. The van der Waals surface area contributed by atoms with E-state index in [4.69, 9.17) is 0 Å². The van der Waals surface area contributed by atoms with E-state index in [9.17, 15) is 4.55 Å². The molecular weight excluding hydrogens is 232 g/mol. The highest BCUT2D eigenvalue weighted by molar-refractivity contribution is 7.90. The van der Waals surface area contributed by atoms with Gasteiger partial charge in [-0.25, -0.2) is 0 Å². The first kappa shape index (κ1) is 15.3. The van der Waals surface area contributed by atoms with Gasteiger partial charge < -0.3 is 9.87 Å². The fourth-order valence-corrected chi connectivity index (χ4v) is 3.15. The van der Waals surface area contributed by atoms with Gasteiger partial charge in [-0.2, -0.15) is 0 Å². The van der Waals surface area contributed by atoms with Crippen LogP contribution >= 0.6 is 0 Å². The zero-order valence-electron chi connectivity index (χ0n) is 11.9. The zero-order valence-corrected chi connectivity index (χ0v) is 12.7. The summed E-state index contributed by atoms with van der Waals surface area (Å²) in [5.74, 6) is 0. The quantitative estimate of drug-likeness (QED) is 0.568. The van der Waals surface area contributed by atoms with Gasteiger partial charge in [0.25, 0.3) is 0 Å². The van der Waals surface area contributed by atoms with Crippen molar-refractivity contribution in [2.45, 2.75) is 64.7 Å². The third-order valence-corrected chi connectivity index (χ3v) is 5.38. The molecule has 0 spiro atoms. The molecule has 2 N–H and O–H groups in total. The van der Waals surface area contributed by atoms with E-state index < -0.39 is 11.4 Å². The molecule has 0 aromatic rings. The monoisotopic (exact) mass is 260 g/mol. The lowest BCUT2D eigenvalue weighted by atomic mass is 9.64. The maximum Gasteiger partial charge on any atom is 0.136 e. The second kappa shape index (κ2) is 5.91. The smallest absolute Gasteiger partial charge is 0.136 e. The molecule has 1 aliphatic rings. The van der Waals surface area contributed by atoms with Gasteiger partial charge in [0.15, 0.2) is 0 Å². The minimum atomic E-state index is -0.940. The van der Waals surface area contributed by atoms with E-state index in [-0.39, 0.29) is 4.75 Å². The largest absolute Gasteiger partial charge is 0.598 e. The van der Waals surface area contributed by atoms with Gasteiger partial charge >= 0.3 is 0 Å². The predicted octanol–water partition coefficient (Wildman–Crippen LogP) is 2.21. The van der Waals surface area contributed by atoms with Crippen LogP contribution in [0.15, 0.2) is 0 Å². The third kappa shape index (κ3) is 4.12. The first-order valence-corrected chi connectivity index (χ1v) is 7.83. The lowest BCUT2D eigenvalue weighted by molar-refractivity contribution is 0.0927. The van der Waals surface area contributed by atoms with Gasteiger partial charge in [-0.3, -0.25) is 0 Å². The molecule has 17 heavy (non-hydrogen) atoms. The molecular formula is C13H28N2OS. The Labute approximate surface area is 109 Å². The Morgan fingerprint density at radius 1 is 1.41 bits per heavy atom. The van der Waals surface area contributed by atoms with Crippen LogP contribution in [-0.2, 0) is 11.4 Å². The molecule has 1 aliphatic carbocycles. The maximum absolute atomic E-state index is 12.1. The average molecular weight is 260 g/mol. The van der Waals surface area contributed by atoms with Crippen molar-refractivity contribution in [2.24, 2.45) is 5.41 Å². The molecule has 0 saturated heterocycles. The van der Waals surface area contributed by atoms with E-state index in [1.54, 1.807) is 0 Å². The minimum absolute atomic E-state index is 0.168. The molecule has 1 saturated carbocycles. The molecule has 0 radical (unpaired) electrons. The van der Waals surface area contributed by atoms with Gasteiger partial charge in [0.2, 0.25) is 0 Å². The number of hydrogen-bond acceptors (Lipinski definition) is 3. The molecule has 0 aromatic heterocycles. The van der Waals surface area contributed by atoms with Crippen LogP contribution in [0.3, 0.4) is 0 Å². The summed E-state index contributed by atoms with van der Waals surface area (Å²) < 4.78 is 15.2. The van der Waals surface area contributed by atoms with Crippen molar-refractivity contribution in [3.63, 3.8) is 0 Å². The molecule has 4 heteroatoms. The highest BCUT2D eigenvalue weighted by Gasteiger charge is 2.45. The van der Waals surface area contributed by atoms with E-state index >= 15 is 0 Å². The van der Waals surface area contributed by atoms with Crippen LogP contribution in [0.5, 0.6) is 0 Å². The summed E-state index contributed by atoms with van der Waals surface area (Å²) in [6.07, 6.45) is 3.57. The van der Waals surface area contributed by atoms with Crippen LogP contribution in [0.25, 0.3) is 0 Å². The third-order valence-electron chi connectivity index (χ3n) is 3.77. The SMILES string of the molecule is CCNCCC1(C)CC[C@@H]1N[S@@+]([O-])C(C)(C)C. The second-order valence-electron chi connectivity index (χ2n) is 6.35. The predicted molar refractivity (Wildman–Crippen MR) is 75.3 cm³/mol. The van der Waals surface area contributed by atoms with Gasteiger partial charge in [0.1, 0.15) is 4.75 Å². The Morgan fingerprint density at radius 3 is 2.47 bits per heavy atom. The normalized spacial score (nSPS) is 31.1. The zero-order chi connectivity index (χ0) is 13.1. The van der Waals surface area contributed by atoms with Crippen molar-refractivity contribution >= 4 is 11.4 Å². The van der Waals surface area contributed by atoms with Crippen LogP contribution in [-0.4, -0.2) is 28.4 Å². The summed E-state index contributed by atoms with van der Waals surface area (Å²) in [7, 11) is 0. The second-order valence-corrected chi connectivity index (χ2v) is 8.35. The number of rotatable bonds is 6. The van der Waals surface area contributed by atoms with Crippen LogP contribution in [0.2, 0.25) is 0 Å². The highest BCUT2D eigenvalue weighted by Crippen LogP contribution is 2.44. The van der Waals surface area contributed by atoms with Gasteiger partial charge in [0, 0.05) is 11.4 Å². The van der Waals surface area contributed by atoms with Crippen molar-refractivity contribution in [3.05, 3.63) is 0 Å². The van der Waals surface area contributed by atoms with Crippen LogP contribution in [0.1, 0.15) is 53.9 Å². The molecule has 3 nitrogen and oxygen atoms in total. The standard InChI is InChI=1S/C13H28N2OS/c1-6-14-10-9-13(5)8-7-11(13)15-17(16)12(2,3)4/h11,14-15H,6-10H2,1-5H3/t11-,13?,17-/m0/s1. The summed E-state index contributed by atoms with van der Waals surface area (Å²) in [6, 6.07) is 0.418. The summed E-state index contributed by atoms with van der Waals surface area (Å²) in [5.41, 5.74) is 0.322. The van der Waals surface area contributed by atoms with Crippen molar-refractivity contribution in [1.29, 1.82) is 0 Å². The Hall–Kier alpha value is 0.230. The number of hydrogen-bond donors (Lipinski definition) is 2. The molecule has 102 valence electrons. The van der Waals surface area contributed by atoms with Crippen LogP contribution in [0, 0.1) is 5.41 Å². The molecule has 0 bridgehead atoms. The molecule has 3 atom stereocenters. The summed E-state index contributed by atoms with van der Waals surface area (Å²) in [5, 5.41) is 3.37. The minimum Gasteiger partial charge on any atom is -0.598 e. The molecule has 0 aliphatic heterocycles. The van der Waals surface area contributed by atoms with E-state index in [2.05, 4.69) is 23.9 Å².